The van der Waals surface area contributed by atoms with Crippen LogP contribution in [0.3, 0.4) is 0 Å². The van der Waals surface area contributed by atoms with Crippen LogP contribution >= 0.6 is 0 Å². The van der Waals surface area contributed by atoms with Crippen LogP contribution in [-0.4, -0.2) is 23.3 Å². The molecule has 2 rings (SSSR count). The number of terminal acetylenes is 3. The van der Waals surface area contributed by atoms with E-state index in [-0.39, 0.29) is 24.6 Å². The van der Waals surface area contributed by atoms with Crippen molar-refractivity contribution in [3.8, 4) is 43.3 Å². The van der Waals surface area contributed by atoms with Crippen LogP contribution in [0.25, 0.3) is 0 Å². The number of nitrogens with two attached hydrogens (primary N) is 1. The number of ether oxygens (including phenoxy) is 1. The van der Waals surface area contributed by atoms with E-state index in [0.29, 0.717) is 0 Å². The Hall–Kier alpha value is -4.02. The molecule has 1 aromatic carbocycles. The minimum atomic E-state index is -0.609. The van der Waals surface area contributed by atoms with E-state index in [1.54, 1.807) is 7.11 Å². The lowest BCUT2D eigenvalue weighted by Crippen LogP contribution is -2.42. The molecule has 0 aliphatic carbocycles. The van der Waals surface area contributed by atoms with Crippen molar-refractivity contribution in [2.24, 2.45) is 0 Å². The Kier molecular flexibility index (Phi) is 10.6. The fraction of sp³-hybridized carbons (Fsp3) is 0.238. The third-order valence-corrected chi connectivity index (χ3v) is 3.44. The first-order valence-corrected chi connectivity index (χ1v) is 8.03. The van der Waals surface area contributed by atoms with E-state index in [0.717, 1.165) is 14.9 Å². The Balaban J connectivity index is 0.000000556. The summed E-state index contributed by atoms with van der Waals surface area (Å²) in [6, 6.07) is 7.96. The SMILES string of the molecule is C#C.C#CCn1c(N)c(NC)c(=O)n(CC#C)c1=O.COc1cccc(C)c1. The van der Waals surface area contributed by atoms with Crippen molar-refractivity contribution < 1.29 is 4.74 Å². The predicted octanol–water partition coefficient (Wildman–Crippen LogP) is 1.15. The molecule has 0 unspecified atom stereocenters. The summed E-state index contributed by atoms with van der Waals surface area (Å²) in [5.74, 6) is 5.46. The molecular formula is C21H24N4O3. The van der Waals surface area contributed by atoms with E-state index in [4.69, 9.17) is 23.3 Å². The monoisotopic (exact) mass is 380 g/mol. The van der Waals surface area contributed by atoms with Crippen LogP contribution in [0.1, 0.15) is 5.56 Å². The lowest BCUT2D eigenvalue weighted by Gasteiger charge is -2.13. The second kappa shape index (κ2) is 12.4. The maximum absolute atomic E-state index is 11.9. The average molecular weight is 380 g/mol. The van der Waals surface area contributed by atoms with E-state index < -0.39 is 11.2 Å². The molecule has 1 aromatic heterocycles. The van der Waals surface area contributed by atoms with Gasteiger partial charge in [0.1, 0.15) is 17.3 Å². The van der Waals surface area contributed by atoms with Gasteiger partial charge in [0.25, 0.3) is 5.56 Å². The van der Waals surface area contributed by atoms with Crippen LogP contribution in [0.15, 0.2) is 33.9 Å². The van der Waals surface area contributed by atoms with Crippen LogP contribution in [0.5, 0.6) is 5.75 Å². The molecule has 0 atom stereocenters. The topological polar surface area (TPSA) is 91.3 Å². The number of aromatic nitrogens is 2. The molecule has 0 fully saturated rings. The summed E-state index contributed by atoms with van der Waals surface area (Å²) in [6.07, 6.45) is 18.2. The highest BCUT2D eigenvalue weighted by molar-refractivity contribution is 5.60. The summed E-state index contributed by atoms with van der Waals surface area (Å²) >= 11 is 0. The van der Waals surface area contributed by atoms with Crippen LogP contribution < -0.4 is 27.0 Å². The summed E-state index contributed by atoms with van der Waals surface area (Å²) in [7, 11) is 3.20. The van der Waals surface area contributed by atoms with E-state index in [2.05, 4.69) is 30.0 Å². The third kappa shape index (κ3) is 6.05. The van der Waals surface area contributed by atoms with Crippen LogP contribution in [0, 0.1) is 44.5 Å². The fourth-order valence-corrected chi connectivity index (χ4v) is 2.17. The number of anilines is 2. The molecule has 1 heterocycles. The fourth-order valence-electron chi connectivity index (χ4n) is 2.17. The highest BCUT2D eigenvalue weighted by Gasteiger charge is 2.14. The first kappa shape index (κ1) is 24.0. The molecule has 3 N–H and O–H groups in total. The lowest BCUT2D eigenvalue weighted by molar-refractivity contribution is 0.414. The van der Waals surface area contributed by atoms with Gasteiger partial charge in [-0.05, 0) is 24.6 Å². The average Bonchev–Trinajstić information content (AvgIpc) is 2.71. The summed E-state index contributed by atoms with van der Waals surface area (Å²) in [6.45, 7) is 1.89. The number of nitrogens with zero attached hydrogens (tertiary/aromatic N) is 2. The quantitative estimate of drug-likeness (QED) is 0.777. The van der Waals surface area contributed by atoms with Gasteiger partial charge >= 0.3 is 5.69 Å². The van der Waals surface area contributed by atoms with Crippen molar-refractivity contribution >= 4 is 11.5 Å². The second-order valence-corrected chi connectivity index (χ2v) is 5.20. The Bertz CT molecular complexity index is 1000. The van der Waals surface area contributed by atoms with E-state index in [1.165, 1.54) is 12.6 Å². The maximum Gasteiger partial charge on any atom is 0.334 e. The molecule has 7 heteroatoms. The third-order valence-electron chi connectivity index (χ3n) is 3.44. The molecule has 0 aliphatic heterocycles. The first-order valence-electron chi connectivity index (χ1n) is 8.03. The van der Waals surface area contributed by atoms with Gasteiger partial charge in [0.05, 0.1) is 20.2 Å². The summed E-state index contributed by atoms with van der Waals surface area (Å²) in [5, 5.41) is 2.63. The van der Waals surface area contributed by atoms with Gasteiger partial charge in [0.15, 0.2) is 0 Å². The molecule has 2 aromatic rings. The van der Waals surface area contributed by atoms with Gasteiger partial charge < -0.3 is 15.8 Å². The summed E-state index contributed by atoms with van der Waals surface area (Å²) < 4.78 is 7.01. The highest BCUT2D eigenvalue weighted by Crippen LogP contribution is 2.10. The number of hydrogen-bond acceptors (Lipinski definition) is 5. The molecule has 7 nitrogen and oxygen atoms in total. The molecule has 0 amide bonds. The van der Waals surface area contributed by atoms with Gasteiger partial charge in [0.2, 0.25) is 0 Å². The highest BCUT2D eigenvalue weighted by atomic mass is 16.5. The number of nitrogen functional groups attached to an aromatic ring is 1. The smallest absolute Gasteiger partial charge is 0.334 e. The normalized spacial score (nSPS) is 8.68. The maximum atomic E-state index is 11.9. The minimum absolute atomic E-state index is 0.00808. The Morgan fingerprint density at radius 3 is 2.14 bits per heavy atom. The van der Waals surface area contributed by atoms with Crippen molar-refractivity contribution in [1.82, 2.24) is 9.13 Å². The number of benzene rings is 1. The molecule has 0 radical (unpaired) electrons. The van der Waals surface area contributed by atoms with Gasteiger partial charge in [-0.3, -0.25) is 9.36 Å². The minimum Gasteiger partial charge on any atom is -0.497 e. The van der Waals surface area contributed by atoms with E-state index in [1.807, 2.05) is 31.2 Å². The Morgan fingerprint density at radius 1 is 1.14 bits per heavy atom. The number of aryl methyl sites for hydroxylation is 1. The van der Waals surface area contributed by atoms with Crippen molar-refractivity contribution in [3.05, 3.63) is 50.7 Å². The second-order valence-electron chi connectivity index (χ2n) is 5.20. The molecule has 0 aliphatic rings. The molecule has 0 bridgehead atoms. The molecule has 0 saturated heterocycles. The summed E-state index contributed by atoms with van der Waals surface area (Å²) in [4.78, 5) is 23.7. The molecule has 0 saturated carbocycles. The number of rotatable bonds is 4. The van der Waals surface area contributed by atoms with Gasteiger partial charge in [-0.1, -0.05) is 24.0 Å². The van der Waals surface area contributed by atoms with Gasteiger partial charge in [-0.25, -0.2) is 9.36 Å². The molecule has 28 heavy (non-hydrogen) atoms. The van der Waals surface area contributed by atoms with Crippen LogP contribution in [0.4, 0.5) is 11.5 Å². The van der Waals surface area contributed by atoms with Crippen LogP contribution in [-0.2, 0) is 13.1 Å². The van der Waals surface area contributed by atoms with Crippen LogP contribution in [0.2, 0.25) is 0 Å². The standard InChI is InChI=1S/C11H12N4O2.C8H10O.C2H2/c1-4-6-14-9(12)8(13-3)10(16)15(7-5-2)11(14)17;1-7-4-3-5-8(6-7)9-2;1-2/h1-2,13H,6-7,12H2,3H3;3-6H,1-2H3;1-2H. The summed E-state index contributed by atoms with van der Waals surface area (Å²) in [5.41, 5.74) is 5.86. The largest absolute Gasteiger partial charge is 0.497 e. The number of methoxy groups -OCH3 is 1. The zero-order chi connectivity index (χ0) is 21.7. The lowest BCUT2D eigenvalue weighted by atomic mass is 10.2. The van der Waals surface area contributed by atoms with Gasteiger partial charge in [0, 0.05) is 7.05 Å². The first-order chi connectivity index (χ1) is 13.4. The van der Waals surface area contributed by atoms with Crippen molar-refractivity contribution in [1.29, 1.82) is 0 Å². The van der Waals surface area contributed by atoms with Crippen molar-refractivity contribution in [2.45, 2.75) is 20.0 Å². The van der Waals surface area contributed by atoms with E-state index in [9.17, 15) is 9.59 Å². The van der Waals surface area contributed by atoms with E-state index >= 15 is 0 Å². The Labute approximate surface area is 165 Å². The molecule has 146 valence electrons. The molecule has 0 spiro atoms. The number of hydrogen-bond donors (Lipinski definition) is 2. The zero-order valence-corrected chi connectivity index (χ0v) is 16.2. The predicted molar refractivity (Wildman–Crippen MR) is 114 cm³/mol. The Morgan fingerprint density at radius 2 is 1.71 bits per heavy atom. The van der Waals surface area contributed by atoms with Crippen molar-refractivity contribution in [2.75, 3.05) is 25.2 Å². The number of nitrogens with one attached hydrogen (secondary N) is 1. The van der Waals surface area contributed by atoms with Crippen molar-refractivity contribution in [3.63, 3.8) is 0 Å². The molecular weight excluding hydrogens is 356 g/mol. The van der Waals surface area contributed by atoms with Gasteiger partial charge in [-0.15, -0.1) is 25.7 Å². The zero-order valence-electron chi connectivity index (χ0n) is 16.2. The van der Waals surface area contributed by atoms with Gasteiger partial charge in [-0.2, -0.15) is 0 Å².